The lowest BCUT2D eigenvalue weighted by Crippen LogP contribution is -2.13. The zero-order valence-electron chi connectivity index (χ0n) is 7.53. The highest BCUT2D eigenvalue weighted by Crippen LogP contribution is 2.12. The molecule has 0 saturated carbocycles. The van der Waals surface area contributed by atoms with E-state index in [9.17, 15) is 0 Å². The van der Waals surface area contributed by atoms with Crippen LogP contribution in [0.2, 0.25) is 0 Å². The van der Waals surface area contributed by atoms with Gasteiger partial charge in [0.2, 0.25) is 11.9 Å². The standard InChI is InChI=1S/C6H12N6S/c1-3-8-4-9-5(12-7)11-6(10-4)13-2/h3,7H2,1-2H3,(H2,8,9,10,11,12). The lowest BCUT2D eigenvalue weighted by atomic mass is 10.7. The molecule has 1 rings (SSSR count). The first-order chi connectivity index (χ1) is 6.30. The maximum absolute atomic E-state index is 5.20. The first kappa shape index (κ1) is 10.0. The number of thioether (sulfide) groups is 1. The summed E-state index contributed by atoms with van der Waals surface area (Å²) in [5, 5.41) is 3.62. The summed E-state index contributed by atoms with van der Waals surface area (Å²) < 4.78 is 0. The lowest BCUT2D eigenvalue weighted by Gasteiger charge is -2.04. The van der Waals surface area contributed by atoms with Crippen molar-refractivity contribution in [2.24, 2.45) is 5.84 Å². The minimum atomic E-state index is 0.371. The zero-order valence-corrected chi connectivity index (χ0v) is 8.35. The van der Waals surface area contributed by atoms with Crippen molar-refractivity contribution < 1.29 is 0 Å². The molecule has 7 heteroatoms. The maximum atomic E-state index is 5.20. The van der Waals surface area contributed by atoms with Crippen LogP contribution in [0.4, 0.5) is 11.9 Å². The molecule has 0 aliphatic carbocycles. The first-order valence-corrected chi connectivity index (χ1v) is 5.03. The van der Waals surface area contributed by atoms with Crippen LogP contribution in [0.15, 0.2) is 5.16 Å². The third-order valence-electron chi connectivity index (χ3n) is 1.26. The summed E-state index contributed by atoms with van der Waals surface area (Å²) in [5.41, 5.74) is 2.38. The van der Waals surface area contributed by atoms with Gasteiger partial charge in [-0.3, -0.25) is 5.43 Å². The molecule has 0 bridgehead atoms. The van der Waals surface area contributed by atoms with Crippen molar-refractivity contribution in [3.05, 3.63) is 0 Å². The summed E-state index contributed by atoms with van der Waals surface area (Å²) in [4.78, 5) is 12.1. The van der Waals surface area contributed by atoms with Crippen LogP contribution in [0.1, 0.15) is 6.92 Å². The van der Waals surface area contributed by atoms with E-state index in [-0.39, 0.29) is 0 Å². The van der Waals surface area contributed by atoms with Crippen molar-refractivity contribution in [2.75, 3.05) is 23.5 Å². The average molecular weight is 200 g/mol. The molecule has 1 heterocycles. The van der Waals surface area contributed by atoms with Gasteiger partial charge in [-0.25, -0.2) is 5.84 Å². The Labute approximate surface area is 80.7 Å². The smallest absolute Gasteiger partial charge is 0.242 e. The quantitative estimate of drug-likeness (QED) is 0.366. The molecule has 4 N–H and O–H groups in total. The normalized spacial score (nSPS) is 9.77. The highest BCUT2D eigenvalue weighted by molar-refractivity contribution is 7.98. The van der Waals surface area contributed by atoms with Gasteiger partial charge in [-0.05, 0) is 13.2 Å². The van der Waals surface area contributed by atoms with Crippen molar-refractivity contribution in [2.45, 2.75) is 12.1 Å². The Bertz CT molecular complexity index is 256. The number of nitrogen functional groups attached to an aromatic ring is 1. The molecule has 0 radical (unpaired) electrons. The fourth-order valence-corrected chi connectivity index (χ4v) is 1.11. The molecule has 0 aliphatic heterocycles. The van der Waals surface area contributed by atoms with E-state index >= 15 is 0 Å². The van der Waals surface area contributed by atoms with Crippen LogP contribution in [-0.4, -0.2) is 27.8 Å². The minimum Gasteiger partial charge on any atom is -0.354 e. The Morgan fingerprint density at radius 1 is 1.31 bits per heavy atom. The molecule has 0 aromatic carbocycles. The van der Waals surface area contributed by atoms with Crippen molar-refractivity contribution in [3.8, 4) is 0 Å². The van der Waals surface area contributed by atoms with Gasteiger partial charge in [-0.15, -0.1) is 0 Å². The van der Waals surface area contributed by atoms with E-state index in [0.29, 0.717) is 17.1 Å². The van der Waals surface area contributed by atoms with Gasteiger partial charge in [0.05, 0.1) is 0 Å². The number of nitrogens with one attached hydrogen (secondary N) is 2. The predicted molar refractivity (Wildman–Crippen MR) is 53.6 cm³/mol. The highest BCUT2D eigenvalue weighted by atomic mass is 32.2. The summed E-state index contributed by atoms with van der Waals surface area (Å²) in [6.07, 6.45) is 1.89. The summed E-state index contributed by atoms with van der Waals surface area (Å²) in [5.74, 6) is 6.11. The number of rotatable bonds is 4. The number of hydrogen-bond acceptors (Lipinski definition) is 7. The van der Waals surface area contributed by atoms with E-state index in [1.54, 1.807) is 0 Å². The minimum absolute atomic E-state index is 0.371. The van der Waals surface area contributed by atoms with Gasteiger partial charge in [-0.1, -0.05) is 11.8 Å². The van der Waals surface area contributed by atoms with E-state index in [2.05, 4.69) is 25.7 Å². The van der Waals surface area contributed by atoms with Gasteiger partial charge in [-0.2, -0.15) is 15.0 Å². The average Bonchev–Trinajstić information content (AvgIpc) is 2.17. The Balaban J connectivity index is 2.93. The second-order valence-corrected chi connectivity index (χ2v) is 2.92. The zero-order chi connectivity index (χ0) is 9.68. The number of nitrogens with two attached hydrogens (primary N) is 1. The van der Waals surface area contributed by atoms with E-state index in [4.69, 9.17) is 5.84 Å². The van der Waals surface area contributed by atoms with Gasteiger partial charge in [0, 0.05) is 6.54 Å². The molecule has 0 spiro atoms. The van der Waals surface area contributed by atoms with Gasteiger partial charge in [0.25, 0.3) is 0 Å². The Morgan fingerprint density at radius 3 is 2.54 bits per heavy atom. The molecule has 0 aliphatic rings. The fraction of sp³-hybridized carbons (Fsp3) is 0.500. The summed E-state index contributed by atoms with van der Waals surface area (Å²) in [7, 11) is 0. The van der Waals surface area contributed by atoms with Crippen molar-refractivity contribution in [1.29, 1.82) is 0 Å². The van der Waals surface area contributed by atoms with Crippen LogP contribution >= 0.6 is 11.8 Å². The van der Waals surface area contributed by atoms with Crippen LogP contribution in [0.5, 0.6) is 0 Å². The molecule has 0 amide bonds. The second-order valence-electron chi connectivity index (χ2n) is 2.14. The maximum Gasteiger partial charge on any atom is 0.242 e. The van der Waals surface area contributed by atoms with E-state index < -0.39 is 0 Å². The molecule has 13 heavy (non-hydrogen) atoms. The van der Waals surface area contributed by atoms with Crippen LogP contribution < -0.4 is 16.6 Å². The molecular weight excluding hydrogens is 188 g/mol. The number of hydrogen-bond donors (Lipinski definition) is 3. The first-order valence-electron chi connectivity index (χ1n) is 3.80. The molecule has 6 nitrogen and oxygen atoms in total. The Hall–Kier alpha value is -1.08. The van der Waals surface area contributed by atoms with Crippen LogP contribution in [-0.2, 0) is 0 Å². The third kappa shape index (κ3) is 2.71. The van der Waals surface area contributed by atoms with Crippen molar-refractivity contribution >= 4 is 23.7 Å². The predicted octanol–water partition coefficient (Wildman–Crippen LogP) is 0.311. The third-order valence-corrected chi connectivity index (χ3v) is 1.81. The topological polar surface area (TPSA) is 88.8 Å². The van der Waals surface area contributed by atoms with Crippen molar-refractivity contribution in [3.63, 3.8) is 0 Å². The molecule has 1 aromatic rings. The summed E-state index contributed by atoms with van der Waals surface area (Å²) >= 11 is 1.44. The molecule has 0 saturated heterocycles. The monoisotopic (exact) mass is 200 g/mol. The second kappa shape index (κ2) is 4.83. The van der Waals surface area contributed by atoms with Crippen LogP contribution in [0.3, 0.4) is 0 Å². The van der Waals surface area contributed by atoms with Gasteiger partial charge in [0.1, 0.15) is 0 Å². The summed E-state index contributed by atoms with van der Waals surface area (Å²) in [6, 6.07) is 0. The molecule has 72 valence electrons. The molecule has 0 fully saturated rings. The van der Waals surface area contributed by atoms with Gasteiger partial charge in [0.15, 0.2) is 5.16 Å². The fourth-order valence-electron chi connectivity index (χ4n) is 0.750. The van der Waals surface area contributed by atoms with E-state index in [0.717, 1.165) is 6.54 Å². The number of nitrogens with zero attached hydrogens (tertiary/aromatic N) is 3. The Kier molecular flexibility index (Phi) is 3.71. The number of hydrazine groups is 1. The molecular formula is C6H12N6S. The van der Waals surface area contributed by atoms with E-state index in [1.165, 1.54) is 11.8 Å². The van der Waals surface area contributed by atoms with E-state index in [1.807, 2.05) is 13.2 Å². The van der Waals surface area contributed by atoms with Gasteiger partial charge >= 0.3 is 0 Å². The summed E-state index contributed by atoms with van der Waals surface area (Å²) in [6.45, 7) is 2.74. The molecule has 0 atom stereocenters. The van der Waals surface area contributed by atoms with Crippen LogP contribution in [0.25, 0.3) is 0 Å². The highest BCUT2D eigenvalue weighted by Gasteiger charge is 2.02. The van der Waals surface area contributed by atoms with Gasteiger partial charge < -0.3 is 5.32 Å². The SMILES string of the molecule is CCNc1nc(NN)nc(SC)n1. The number of anilines is 2. The molecule has 0 unspecified atom stereocenters. The lowest BCUT2D eigenvalue weighted by molar-refractivity contribution is 0.899. The number of aromatic nitrogens is 3. The largest absolute Gasteiger partial charge is 0.354 e. The van der Waals surface area contributed by atoms with Crippen LogP contribution in [0, 0.1) is 0 Å². The van der Waals surface area contributed by atoms with Crippen molar-refractivity contribution in [1.82, 2.24) is 15.0 Å². The molecule has 1 aromatic heterocycles. The Morgan fingerprint density at radius 2 is 2.00 bits per heavy atom.